The minimum absolute atomic E-state index is 0.0248. The molecule has 9 atom stereocenters. The second-order valence-electron chi connectivity index (χ2n) is 10.3. The third-order valence-electron chi connectivity index (χ3n) is 7.66. The van der Waals surface area contributed by atoms with E-state index in [-0.39, 0.29) is 35.6 Å². The number of carbonyl (C=O) groups is 4. The smallest absolute Gasteiger partial charge is 0.318 e. The Kier molecular flexibility index (Phi) is 4.78. The van der Waals surface area contributed by atoms with Gasteiger partial charge in [-0.05, 0) is 57.3 Å². The number of cyclic esters (lactones) is 3. The van der Waals surface area contributed by atoms with Gasteiger partial charge in [-0.1, -0.05) is 13.8 Å². The van der Waals surface area contributed by atoms with Crippen LogP contribution in [0.3, 0.4) is 0 Å². The summed E-state index contributed by atoms with van der Waals surface area (Å²) in [7, 11) is 0. The zero-order chi connectivity index (χ0) is 21.2. The molecule has 2 aliphatic carbocycles. The van der Waals surface area contributed by atoms with Gasteiger partial charge in [0.2, 0.25) is 0 Å². The summed E-state index contributed by atoms with van der Waals surface area (Å²) in [6.45, 7) is 9.58. The van der Waals surface area contributed by atoms with Crippen LogP contribution in [-0.2, 0) is 33.4 Å². The van der Waals surface area contributed by atoms with Crippen LogP contribution in [0.2, 0.25) is 0 Å². The summed E-state index contributed by atoms with van der Waals surface area (Å²) < 4.78 is 15.8. The van der Waals surface area contributed by atoms with Crippen LogP contribution >= 0.6 is 0 Å². The van der Waals surface area contributed by atoms with Gasteiger partial charge in [-0.3, -0.25) is 19.2 Å². The Balaban J connectivity index is 1.59. The predicted octanol–water partition coefficient (Wildman–Crippen LogP) is 2.36. The largest absolute Gasteiger partial charge is 0.465 e. The zero-order valence-corrected chi connectivity index (χ0v) is 17.7. The lowest BCUT2D eigenvalue weighted by Gasteiger charge is -2.37. The van der Waals surface area contributed by atoms with Gasteiger partial charge in [0, 0.05) is 5.92 Å². The highest BCUT2D eigenvalue weighted by Gasteiger charge is 2.63. The maximum absolute atomic E-state index is 13.1. The van der Waals surface area contributed by atoms with Crippen LogP contribution in [-0.4, -0.2) is 36.1 Å². The minimum Gasteiger partial charge on any atom is -0.465 e. The Morgan fingerprint density at radius 1 is 1.07 bits per heavy atom. The van der Waals surface area contributed by atoms with Gasteiger partial charge in [-0.25, -0.2) is 0 Å². The first-order valence-corrected chi connectivity index (χ1v) is 10.6. The summed E-state index contributed by atoms with van der Waals surface area (Å²) in [5, 5.41) is 0. The van der Waals surface area contributed by atoms with Crippen molar-refractivity contribution in [3.05, 3.63) is 0 Å². The molecule has 4 aliphatic rings. The molecule has 0 aromatic heterocycles. The summed E-state index contributed by atoms with van der Waals surface area (Å²) in [6.07, 6.45) is 1.42. The molecule has 7 heteroatoms. The van der Waals surface area contributed by atoms with Crippen molar-refractivity contribution in [2.24, 2.45) is 53.3 Å². The predicted molar refractivity (Wildman–Crippen MR) is 99.9 cm³/mol. The number of fused-ring (bicyclic) bond motifs is 5. The lowest BCUT2D eigenvalue weighted by molar-refractivity contribution is -0.167. The average Bonchev–Trinajstić information content (AvgIpc) is 3.30. The molecule has 7 nitrogen and oxygen atoms in total. The molecule has 2 heterocycles. The van der Waals surface area contributed by atoms with Crippen molar-refractivity contribution in [1.29, 1.82) is 0 Å². The number of carbonyl (C=O) groups excluding carboxylic acids is 4. The molecule has 9 unspecified atom stereocenters. The molecular weight excluding hydrogens is 376 g/mol. The van der Waals surface area contributed by atoms with Crippen molar-refractivity contribution in [3.8, 4) is 0 Å². The minimum atomic E-state index is -0.819. The first kappa shape index (κ1) is 20.4. The van der Waals surface area contributed by atoms with E-state index in [1.54, 1.807) is 27.7 Å². The van der Waals surface area contributed by atoms with E-state index in [4.69, 9.17) is 14.2 Å². The Hall–Kier alpha value is -1.92. The summed E-state index contributed by atoms with van der Waals surface area (Å²) >= 11 is 0. The molecule has 2 aliphatic heterocycles. The third kappa shape index (κ3) is 3.26. The Morgan fingerprint density at radius 2 is 1.76 bits per heavy atom. The Bertz CT molecular complexity index is 751. The van der Waals surface area contributed by atoms with E-state index in [1.807, 2.05) is 0 Å². The quantitative estimate of drug-likeness (QED) is 0.402. The monoisotopic (exact) mass is 406 g/mol. The standard InChI is InChI=1S/C22H30O7/c1-9-11(13-7-12(9)17-15(13)8-27-20(17)25)6-14(19(24)29-22(3,4)5)16-10(2)18(23)28-21(16)26/h9-17H,6-8H2,1-5H3. The van der Waals surface area contributed by atoms with Gasteiger partial charge in [0.1, 0.15) is 5.60 Å². The highest BCUT2D eigenvalue weighted by molar-refractivity contribution is 5.98. The first-order valence-electron chi connectivity index (χ1n) is 10.6. The van der Waals surface area contributed by atoms with Crippen LogP contribution in [0.4, 0.5) is 0 Å². The Labute approximate surface area is 170 Å². The zero-order valence-electron chi connectivity index (χ0n) is 17.7. The molecule has 0 N–H and O–H groups in total. The number of esters is 4. The topological polar surface area (TPSA) is 96.0 Å². The van der Waals surface area contributed by atoms with Gasteiger partial charge in [-0.2, -0.15) is 0 Å². The fourth-order valence-corrected chi connectivity index (χ4v) is 6.39. The second kappa shape index (κ2) is 6.81. The number of hydrogen-bond donors (Lipinski definition) is 0. The SMILES string of the molecule is CC1C(=O)OC(=O)C1C(CC1C(C)C2CC1C1COC(=O)C21)C(=O)OC(C)(C)C. The number of ether oxygens (including phenoxy) is 3. The van der Waals surface area contributed by atoms with E-state index in [0.29, 0.717) is 18.9 Å². The van der Waals surface area contributed by atoms with Gasteiger partial charge >= 0.3 is 23.9 Å². The molecule has 2 bridgehead atoms. The summed E-state index contributed by atoms with van der Waals surface area (Å²) in [6, 6.07) is 0. The lowest BCUT2D eigenvalue weighted by atomic mass is 9.66. The molecular formula is C22H30O7. The molecule has 4 fully saturated rings. The molecule has 2 saturated carbocycles. The number of rotatable bonds is 4. The van der Waals surface area contributed by atoms with Gasteiger partial charge in [0.05, 0.1) is 30.3 Å². The molecule has 2 saturated heterocycles. The van der Waals surface area contributed by atoms with E-state index in [1.165, 1.54) is 0 Å². The van der Waals surface area contributed by atoms with Crippen LogP contribution in [0.25, 0.3) is 0 Å². The maximum atomic E-state index is 13.1. The van der Waals surface area contributed by atoms with Gasteiger partial charge in [0.25, 0.3) is 0 Å². The molecule has 4 rings (SSSR count). The van der Waals surface area contributed by atoms with Crippen molar-refractivity contribution in [3.63, 3.8) is 0 Å². The van der Waals surface area contributed by atoms with Crippen molar-refractivity contribution >= 4 is 23.9 Å². The average molecular weight is 406 g/mol. The number of hydrogen-bond acceptors (Lipinski definition) is 7. The Morgan fingerprint density at radius 3 is 2.34 bits per heavy atom. The fourth-order valence-electron chi connectivity index (χ4n) is 6.39. The van der Waals surface area contributed by atoms with Crippen molar-refractivity contribution in [2.75, 3.05) is 6.61 Å². The summed E-state index contributed by atoms with van der Waals surface area (Å²) in [4.78, 5) is 49.6. The van der Waals surface area contributed by atoms with E-state index < -0.39 is 41.3 Å². The van der Waals surface area contributed by atoms with E-state index in [9.17, 15) is 19.2 Å². The van der Waals surface area contributed by atoms with Crippen molar-refractivity contribution in [1.82, 2.24) is 0 Å². The first-order chi connectivity index (χ1) is 13.5. The van der Waals surface area contributed by atoms with E-state index >= 15 is 0 Å². The highest BCUT2D eigenvalue weighted by atomic mass is 16.6. The van der Waals surface area contributed by atoms with Crippen molar-refractivity contribution < 1.29 is 33.4 Å². The molecule has 29 heavy (non-hydrogen) atoms. The molecule has 0 aromatic carbocycles. The van der Waals surface area contributed by atoms with Gasteiger partial charge < -0.3 is 14.2 Å². The normalized spacial score (nSPS) is 41.9. The second-order valence-corrected chi connectivity index (χ2v) is 10.3. The van der Waals surface area contributed by atoms with E-state index in [2.05, 4.69) is 6.92 Å². The van der Waals surface area contributed by atoms with Crippen LogP contribution in [0, 0.1) is 53.3 Å². The van der Waals surface area contributed by atoms with Crippen LogP contribution in [0.1, 0.15) is 47.5 Å². The van der Waals surface area contributed by atoms with Crippen LogP contribution in [0.5, 0.6) is 0 Å². The maximum Gasteiger partial charge on any atom is 0.318 e. The molecule has 0 spiro atoms. The van der Waals surface area contributed by atoms with Crippen LogP contribution < -0.4 is 0 Å². The van der Waals surface area contributed by atoms with Gasteiger partial charge in [0.15, 0.2) is 0 Å². The summed E-state index contributed by atoms with van der Waals surface area (Å²) in [5.74, 6) is -2.81. The molecule has 160 valence electrons. The van der Waals surface area contributed by atoms with E-state index in [0.717, 1.165) is 6.42 Å². The van der Waals surface area contributed by atoms with Gasteiger partial charge in [-0.15, -0.1) is 0 Å². The third-order valence-corrected chi connectivity index (χ3v) is 7.66. The molecule has 0 aromatic rings. The molecule has 0 radical (unpaired) electrons. The summed E-state index contributed by atoms with van der Waals surface area (Å²) in [5.41, 5.74) is -0.692. The lowest BCUT2D eigenvalue weighted by Crippen LogP contribution is -2.41. The fraction of sp³-hybridized carbons (Fsp3) is 0.818. The van der Waals surface area contributed by atoms with Crippen molar-refractivity contribution in [2.45, 2.75) is 53.1 Å². The highest BCUT2D eigenvalue weighted by Crippen LogP contribution is 2.62. The molecule has 0 amide bonds. The van der Waals surface area contributed by atoms with Crippen LogP contribution in [0.15, 0.2) is 0 Å².